The van der Waals surface area contributed by atoms with E-state index in [0.717, 1.165) is 25.3 Å². The molecule has 3 heteroatoms. The third-order valence-electron chi connectivity index (χ3n) is 4.21. The molecule has 19 heavy (non-hydrogen) atoms. The lowest BCUT2D eigenvalue weighted by Crippen LogP contribution is -2.44. The monoisotopic (exact) mass is 261 g/mol. The second-order valence-corrected chi connectivity index (χ2v) is 5.96. The molecule has 1 heterocycles. The summed E-state index contributed by atoms with van der Waals surface area (Å²) in [6, 6.07) is 8.84. The Balaban J connectivity index is 1.50. The maximum atomic E-state index is 10.4. The molecule has 2 fully saturated rings. The Hall–Kier alpha value is -0.900. The van der Waals surface area contributed by atoms with Crippen LogP contribution in [-0.2, 0) is 11.3 Å². The molecule has 0 aromatic heterocycles. The molecule has 3 rings (SSSR count). The molecule has 2 N–H and O–H groups in total. The van der Waals surface area contributed by atoms with Crippen molar-refractivity contribution in [2.24, 2.45) is 0 Å². The molecule has 0 atom stereocenters. The minimum absolute atomic E-state index is 0.577. The molecule has 0 spiro atoms. The van der Waals surface area contributed by atoms with Crippen molar-refractivity contribution in [3.8, 4) is 0 Å². The maximum Gasteiger partial charge on any atom is 0.0815 e. The Morgan fingerprint density at radius 3 is 2.79 bits per heavy atom. The molecule has 1 saturated carbocycles. The maximum absolute atomic E-state index is 10.4. The van der Waals surface area contributed by atoms with Crippen LogP contribution in [0, 0.1) is 0 Å². The summed E-state index contributed by atoms with van der Waals surface area (Å²) in [7, 11) is 0. The van der Waals surface area contributed by atoms with E-state index in [2.05, 4.69) is 29.6 Å². The lowest BCUT2D eigenvalue weighted by molar-refractivity contribution is -0.0617. The van der Waals surface area contributed by atoms with Gasteiger partial charge >= 0.3 is 0 Å². The number of hydrogen-bond donors (Lipinski definition) is 2. The number of benzene rings is 1. The third kappa shape index (κ3) is 3.56. The fraction of sp³-hybridized carbons (Fsp3) is 0.625. The van der Waals surface area contributed by atoms with Gasteiger partial charge < -0.3 is 15.2 Å². The first kappa shape index (κ1) is 13.1. The van der Waals surface area contributed by atoms with Crippen LogP contribution >= 0.6 is 0 Å². The van der Waals surface area contributed by atoms with Crippen molar-refractivity contribution in [3.05, 3.63) is 35.4 Å². The molecule has 2 aliphatic rings. The number of hydrogen-bond acceptors (Lipinski definition) is 3. The lowest BCUT2D eigenvalue weighted by Gasteiger charge is -2.32. The normalized spacial score (nSPS) is 22.4. The first-order chi connectivity index (χ1) is 9.25. The minimum Gasteiger partial charge on any atom is -0.388 e. The zero-order chi connectivity index (χ0) is 13.1. The highest BCUT2D eigenvalue weighted by molar-refractivity contribution is 5.29. The fourth-order valence-corrected chi connectivity index (χ4v) is 2.74. The SMILES string of the molecule is OC1(CNCc2cccc(C3CC3)c2)CCOCC1. The first-order valence-electron chi connectivity index (χ1n) is 7.35. The van der Waals surface area contributed by atoms with Crippen LogP contribution in [0.3, 0.4) is 0 Å². The van der Waals surface area contributed by atoms with Crippen LogP contribution in [0.15, 0.2) is 24.3 Å². The molecule has 0 bridgehead atoms. The zero-order valence-electron chi connectivity index (χ0n) is 11.4. The highest BCUT2D eigenvalue weighted by atomic mass is 16.5. The van der Waals surface area contributed by atoms with Gasteiger partial charge in [0.2, 0.25) is 0 Å². The van der Waals surface area contributed by atoms with E-state index < -0.39 is 5.60 Å². The predicted molar refractivity (Wildman–Crippen MR) is 75.1 cm³/mol. The van der Waals surface area contributed by atoms with Crippen molar-refractivity contribution >= 4 is 0 Å². The molecule has 0 unspecified atom stereocenters. The Labute approximate surface area is 115 Å². The molecule has 3 nitrogen and oxygen atoms in total. The molecule has 0 radical (unpaired) electrons. The molecule has 1 aliphatic heterocycles. The zero-order valence-corrected chi connectivity index (χ0v) is 11.4. The molecule has 104 valence electrons. The van der Waals surface area contributed by atoms with Crippen LogP contribution < -0.4 is 5.32 Å². The van der Waals surface area contributed by atoms with E-state index in [0.29, 0.717) is 19.8 Å². The minimum atomic E-state index is -0.577. The topological polar surface area (TPSA) is 41.5 Å². The van der Waals surface area contributed by atoms with Crippen LogP contribution in [0.5, 0.6) is 0 Å². The summed E-state index contributed by atoms with van der Waals surface area (Å²) >= 11 is 0. The molecule has 1 aliphatic carbocycles. The Bertz CT molecular complexity index is 423. The first-order valence-corrected chi connectivity index (χ1v) is 7.35. The summed E-state index contributed by atoms with van der Waals surface area (Å²) in [4.78, 5) is 0. The summed E-state index contributed by atoms with van der Waals surface area (Å²) in [5.74, 6) is 0.805. The Morgan fingerprint density at radius 1 is 1.26 bits per heavy atom. The molecular weight excluding hydrogens is 238 g/mol. The van der Waals surface area contributed by atoms with E-state index in [9.17, 15) is 5.11 Å². The van der Waals surface area contributed by atoms with E-state index in [1.807, 2.05) is 0 Å². The predicted octanol–water partition coefficient (Wildman–Crippen LogP) is 2.20. The second kappa shape index (κ2) is 5.61. The van der Waals surface area contributed by atoms with Crippen molar-refractivity contribution in [2.75, 3.05) is 19.8 Å². The van der Waals surface area contributed by atoms with Gasteiger partial charge in [0.1, 0.15) is 0 Å². The van der Waals surface area contributed by atoms with Crippen LogP contribution in [-0.4, -0.2) is 30.5 Å². The van der Waals surface area contributed by atoms with Crippen molar-refractivity contribution in [2.45, 2.75) is 43.7 Å². The summed E-state index contributed by atoms with van der Waals surface area (Å²) in [6.45, 7) is 2.85. The molecule has 1 saturated heterocycles. The molecule has 0 amide bonds. The second-order valence-electron chi connectivity index (χ2n) is 5.96. The highest BCUT2D eigenvalue weighted by Crippen LogP contribution is 2.40. The average molecular weight is 261 g/mol. The quantitative estimate of drug-likeness (QED) is 0.854. The van der Waals surface area contributed by atoms with E-state index in [1.165, 1.54) is 24.0 Å². The van der Waals surface area contributed by atoms with Crippen molar-refractivity contribution in [1.82, 2.24) is 5.32 Å². The summed E-state index contributed by atoms with van der Waals surface area (Å²) in [5, 5.41) is 13.8. The number of ether oxygens (including phenoxy) is 1. The molecular formula is C16H23NO2. The highest BCUT2D eigenvalue weighted by Gasteiger charge is 2.29. The number of aliphatic hydroxyl groups is 1. The van der Waals surface area contributed by atoms with Crippen molar-refractivity contribution in [3.63, 3.8) is 0 Å². The number of rotatable bonds is 5. The Morgan fingerprint density at radius 2 is 2.05 bits per heavy atom. The van der Waals surface area contributed by atoms with Crippen LogP contribution in [0.4, 0.5) is 0 Å². The van der Waals surface area contributed by atoms with Gasteiger partial charge in [-0.1, -0.05) is 24.3 Å². The molecule has 1 aromatic rings. The summed E-state index contributed by atoms with van der Waals surface area (Å²) in [5.41, 5.74) is 2.22. The van der Waals surface area contributed by atoms with Gasteiger partial charge in [0.15, 0.2) is 0 Å². The van der Waals surface area contributed by atoms with Gasteiger partial charge in [0.25, 0.3) is 0 Å². The number of nitrogens with one attached hydrogen (secondary N) is 1. The van der Waals surface area contributed by atoms with Crippen LogP contribution in [0.2, 0.25) is 0 Å². The van der Waals surface area contributed by atoms with E-state index in [4.69, 9.17) is 4.74 Å². The van der Waals surface area contributed by atoms with Crippen LogP contribution in [0.25, 0.3) is 0 Å². The van der Waals surface area contributed by atoms with E-state index >= 15 is 0 Å². The van der Waals surface area contributed by atoms with Gasteiger partial charge in [-0.25, -0.2) is 0 Å². The van der Waals surface area contributed by atoms with Crippen molar-refractivity contribution in [1.29, 1.82) is 0 Å². The third-order valence-corrected chi connectivity index (χ3v) is 4.21. The van der Waals surface area contributed by atoms with Gasteiger partial charge in [0, 0.05) is 39.1 Å². The summed E-state index contributed by atoms with van der Waals surface area (Å²) < 4.78 is 5.29. The molecule has 1 aromatic carbocycles. The summed E-state index contributed by atoms with van der Waals surface area (Å²) in [6.07, 6.45) is 4.16. The van der Waals surface area contributed by atoms with Crippen LogP contribution in [0.1, 0.15) is 42.7 Å². The fourth-order valence-electron chi connectivity index (χ4n) is 2.74. The van der Waals surface area contributed by atoms with Crippen molar-refractivity contribution < 1.29 is 9.84 Å². The van der Waals surface area contributed by atoms with Gasteiger partial charge in [-0.2, -0.15) is 0 Å². The smallest absolute Gasteiger partial charge is 0.0815 e. The average Bonchev–Trinajstić information content (AvgIpc) is 3.24. The van der Waals surface area contributed by atoms with Gasteiger partial charge in [-0.05, 0) is 29.9 Å². The largest absolute Gasteiger partial charge is 0.388 e. The van der Waals surface area contributed by atoms with E-state index in [1.54, 1.807) is 0 Å². The van der Waals surface area contributed by atoms with E-state index in [-0.39, 0.29) is 0 Å². The van der Waals surface area contributed by atoms with Gasteiger partial charge in [-0.3, -0.25) is 0 Å². The Kier molecular flexibility index (Phi) is 3.87. The lowest BCUT2D eigenvalue weighted by atomic mass is 9.94. The standard InChI is InChI=1S/C16H23NO2/c18-16(6-8-19-9-7-16)12-17-11-13-2-1-3-15(10-13)14-4-5-14/h1-3,10,14,17-18H,4-9,11-12H2. The van der Waals surface area contributed by atoms with Gasteiger partial charge in [-0.15, -0.1) is 0 Å². The van der Waals surface area contributed by atoms with Gasteiger partial charge in [0.05, 0.1) is 5.60 Å².